The Bertz CT molecular complexity index is 365. The Morgan fingerprint density at radius 3 is 2.75 bits per heavy atom. The fraction of sp³-hybridized carbons (Fsp3) is 0.583. The van der Waals surface area contributed by atoms with Gasteiger partial charge in [0.25, 0.3) is 0 Å². The average molecular weight is 222 g/mol. The first-order chi connectivity index (χ1) is 7.70. The fourth-order valence-electron chi connectivity index (χ4n) is 2.17. The zero-order chi connectivity index (χ0) is 11.5. The summed E-state index contributed by atoms with van der Waals surface area (Å²) in [6, 6.07) is 2.35. The smallest absolute Gasteiger partial charge is 0.339 e. The Morgan fingerprint density at radius 1 is 1.44 bits per heavy atom. The van der Waals surface area contributed by atoms with Crippen molar-refractivity contribution in [1.29, 1.82) is 0 Å². The second kappa shape index (κ2) is 4.70. The van der Waals surface area contributed by atoms with Gasteiger partial charge in [-0.3, -0.25) is 0 Å². The molecular formula is C12H18N2O2. The maximum Gasteiger partial charge on any atom is 0.339 e. The van der Waals surface area contributed by atoms with Gasteiger partial charge in [-0.15, -0.1) is 0 Å². The molecular weight excluding hydrogens is 204 g/mol. The lowest BCUT2D eigenvalue weighted by molar-refractivity contribution is 0.0600. The summed E-state index contributed by atoms with van der Waals surface area (Å²) >= 11 is 0. The SMILES string of the molecule is COC(=O)c1ccn(C2CCN(C)CC2)c1. The van der Waals surface area contributed by atoms with Crippen molar-refractivity contribution in [1.82, 2.24) is 9.47 Å². The van der Waals surface area contributed by atoms with Crippen LogP contribution < -0.4 is 0 Å². The molecule has 0 saturated carbocycles. The van der Waals surface area contributed by atoms with Crippen molar-refractivity contribution in [3.8, 4) is 0 Å². The molecule has 16 heavy (non-hydrogen) atoms. The van der Waals surface area contributed by atoms with E-state index in [1.54, 1.807) is 0 Å². The summed E-state index contributed by atoms with van der Waals surface area (Å²) in [5, 5.41) is 0. The minimum Gasteiger partial charge on any atom is -0.465 e. The van der Waals surface area contributed by atoms with Crippen LogP contribution in [0.3, 0.4) is 0 Å². The van der Waals surface area contributed by atoms with Crippen LogP contribution in [-0.4, -0.2) is 42.7 Å². The van der Waals surface area contributed by atoms with E-state index in [0.717, 1.165) is 25.9 Å². The predicted octanol–water partition coefficient (Wildman–Crippen LogP) is 1.54. The molecule has 1 saturated heterocycles. The monoisotopic (exact) mass is 222 g/mol. The highest BCUT2D eigenvalue weighted by Gasteiger charge is 2.18. The summed E-state index contributed by atoms with van der Waals surface area (Å²) < 4.78 is 6.83. The quantitative estimate of drug-likeness (QED) is 0.712. The lowest BCUT2D eigenvalue weighted by Gasteiger charge is -2.29. The molecule has 4 nitrogen and oxygen atoms in total. The first-order valence-corrected chi connectivity index (χ1v) is 5.65. The molecule has 1 aromatic rings. The second-order valence-electron chi connectivity index (χ2n) is 4.37. The van der Waals surface area contributed by atoms with Crippen molar-refractivity contribution in [3.05, 3.63) is 24.0 Å². The van der Waals surface area contributed by atoms with Gasteiger partial charge in [0.05, 0.1) is 12.7 Å². The molecule has 0 spiro atoms. The predicted molar refractivity (Wildman–Crippen MR) is 61.5 cm³/mol. The molecule has 0 amide bonds. The van der Waals surface area contributed by atoms with E-state index in [4.69, 9.17) is 4.74 Å². The van der Waals surface area contributed by atoms with E-state index in [2.05, 4.69) is 16.5 Å². The van der Waals surface area contributed by atoms with Crippen LogP contribution in [0.15, 0.2) is 18.5 Å². The van der Waals surface area contributed by atoms with Gasteiger partial charge < -0.3 is 14.2 Å². The van der Waals surface area contributed by atoms with Crippen molar-refractivity contribution in [3.63, 3.8) is 0 Å². The van der Waals surface area contributed by atoms with E-state index in [1.165, 1.54) is 7.11 Å². The standard InChI is InChI=1S/C12H18N2O2/c1-13-6-4-11(5-7-13)14-8-3-10(9-14)12(15)16-2/h3,8-9,11H,4-7H2,1-2H3. The Labute approximate surface area is 95.8 Å². The number of nitrogens with zero attached hydrogens (tertiary/aromatic N) is 2. The van der Waals surface area contributed by atoms with Gasteiger partial charge in [-0.2, -0.15) is 0 Å². The molecule has 88 valence electrons. The minimum absolute atomic E-state index is 0.258. The molecule has 0 N–H and O–H groups in total. The number of hydrogen-bond acceptors (Lipinski definition) is 3. The molecule has 0 radical (unpaired) electrons. The topological polar surface area (TPSA) is 34.5 Å². The molecule has 4 heteroatoms. The van der Waals surface area contributed by atoms with Gasteiger partial charge in [0.1, 0.15) is 0 Å². The van der Waals surface area contributed by atoms with Gasteiger partial charge in [-0.05, 0) is 39.0 Å². The molecule has 0 aliphatic carbocycles. The first-order valence-electron chi connectivity index (χ1n) is 5.65. The van der Waals surface area contributed by atoms with E-state index >= 15 is 0 Å². The van der Waals surface area contributed by atoms with Crippen LogP contribution in [0.2, 0.25) is 0 Å². The highest BCUT2D eigenvalue weighted by molar-refractivity contribution is 5.89. The Balaban J connectivity index is 2.04. The molecule has 1 aromatic heterocycles. The number of methoxy groups -OCH3 is 1. The maximum absolute atomic E-state index is 11.3. The molecule has 0 unspecified atom stereocenters. The molecule has 0 atom stereocenters. The van der Waals surface area contributed by atoms with Crippen molar-refractivity contribution < 1.29 is 9.53 Å². The third kappa shape index (κ3) is 2.27. The van der Waals surface area contributed by atoms with E-state index in [-0.39, 0.29) is 5.97 Å². The number of piperidine rings is 1. The van der Waals surface area contributed by atoms with E-state index in [9.17, 15) is 4.79 Å². The summed E-state index contributed by atoms with van der Waals surface area (Å²) in [4.78, 5) is 13.7. The minimum atomic E-state index is -0.258. The third-order valence-electron chi connectivity index (χ3n) is 3.25. The zero-order valence-electron chi connectivity index (χ0n) is 9.85. The van der Waals surface area contributed by atoms with Crippen LogP contribution in [0, 0.1) is 0 Å². The molecule has 1 aliphatic heterocycles. The van der Waals surface area contributed by atoms with Crippen molar-refractivity contribution in [2.24, 2.45) is 0 Å². The van der Waals surface area contributed by atoms with Gasteiger partial charge in [-0.1, -0.05) is 0 Å². The molecule has 1 aliphatic rings. The van der Waals surface area contributed by atoms with Crippen LogP contribution >= 0.6 is 0 Å². The number of rotatable bonds is 2. The van der Waals surface area contributed by atoms with Crippen molar-refractivity contribution in [2.75, 3.05) is 27.2 Å². The fourth-order valence-corrected chi connectivity index (χ4v) is 2.17. The number of aromatic nitrogens is 1. The normalized spacial score (nSPS) is 18.6. The Kier molecular flexibility index (Phi) is 3.29. The van der Waals surface area contributed by atoms with Crippen LogP contribution in [0.5, 0.6) is 0 Å². The van der Waals surface area contributed by atoms with Gasteiger partial charge >= 0.3 is 5.97 Å². The molecule has 2 rings (SSSR count). The number of hydrogen-bond donors (Lipinski definition) is 0. The van der Waals surface area contributed by atoms with Gasteiger partial charge in [0.15, 0.2) is 0 Å². The third-order valence-corrected chi connectivity index (χ3v) is 3.25. The highest BCUT2D eigenvalue weighted by Crippen LogP contribution is 2.22. The van der Waals surface area contributed by atoms with Crippen LogP contribution in [-0.2, 0) is 4.74 Å². The number of ether oxygens (including phenoxy) is 1. The van der Waals surface area contributed by atoms with Gasteiger partial charge in [0.2, 0.25) is 0 Å². The summed E-state index contributed by atoms with van der Waals surface area (Å²) in [6.45, 7) is 2.24. The van der Waals surface area contributed by atoms with Crippen LogP contribution in [0.1, 0.15) is 29.2 Å². The number of carbonyl (C=O) groups is 1. The maximum atomic E-state index is 11.3. The zero-order valence-corrected chi connectivity index (χ0v) is 9.85. The highest BCUT2D eigenvalue weighted by atomic mass is 16.5. The second-order valence-corrected chi connectivity index (χ2v) is 4.37. The summed E-state index contributed by atoms with van der Waals surface area (Å²) in [7, 11) is 3.56. The Morgan fingerprint density at radius 2 is 2.12 bits per heavy atom. The van der Waals surface area contributed by atoms with Crippen molar-refractivity contribution >= 4 is 5.97 Å². The largest absolute Gasteiger partial charge is 0.465 e. The van der Waals surface area contributed by atoms with Crippen molar-refractivity contribution in [2.45, 2.75) is 18.9 Å². The van der Waals surface area contributed by atoms with Crippen LogP contribution in [0.4, 0.5) is 0 Å². The summed E-state index contributed by atoms with van der Waals surface area (Å²) in [5.41, 5.74) is 0.640. The Hall–Kier alpha value is -1.29. The average Bonchev–Trinajstić information content (AvgIpc) is 2.78. The number of esters is 1. The van der Waals surface area contributed by atoms with Crippen LogP contribution in [0.25, 0.3) is 0 Å². The van der Waals surface area contributed by atoms with Gasteiger partial charge in [0, 0.05) is 18.4 Å². The number of carbonyl (C=O) groups excluding carboxylic acids is 1. The van der Waals surface area contributed by atoms with E-state index in [0.29, 0.717) is 11.6 Å². The van der Waals surface area contributed by atoms with E-state index < -0.39 is 0 Å². The molecule has 0 bridgehead atoms. The summed E-state index contributed by atoms with van der Waals surface area (Å²) in [5.74, 6) is -0.258. The van der Waals surface area contributed by atoms with E-state index in [1.807, 2.05) is 18.5 Å². The lowest BCUT2D eigenvalue weighted by atomic mass is 10.1. The van der Waals surface area contributed by atoms with Gasteiger partial charge in [-0.25, -0.2) is 4.79 Å². The molecule has 2 heterocycles. The molecule has 1 fully saturated rings. The molecule has 0 aromatic carbocycles. The lowest BCUT2D eigenvalue weighted by Crippen LogP contribution is -2.31. The number of likely N-dealkylation sites (tertiary alicyclic amines) is 1. The first kappa shape index (κ1) is 11.2. The summed E-state index contributed by atoms with van der Waals surface area (Å²) in [6.07, 6.45) is 6.15.